The van der Waals surface area contributed by atoms with Gasteiger partial charge in [-0.05, 0) is 32.0 Å². The summed E-state index contributed by atoms with van der Waals surface area (Å²) in [5.41, 5.74) is -1.13. The number of aromatic carboxylic acids is 1. The van der Waals surface area contributed by atoms with E-state index in [-0.39, 0.29) is 22.8 Å². The standard InChI is InChI=1S/C12H17NO6S/c1-12(2,7-14)13-20(17,18)10-5-4-8(11(15)16)6-9(10)19-3/h4-6,13-14H,7H2,1-3H3,(H,15,16). The van der Waals surface area contributed by atoms with Crippen molar-refractivity contribution in [3.05, 3.63) is 23.8 Å². The maximum absolute atomic E-state index is 12.2. The molecule has 1 aromatic rings. The largest absolute Gasteiger partial charge is 0.495 e. The molecule has 0 aliphatic heterocycles. The number of benzene rings is 1. The first-order valence-corrected chi connectivity index (χ1v) is 7.17. The second kappa shape index (κ2) is 5.78. The van der Waals surface area contributed by atoms with Crippen LogP contribution in [0.2, 0.25) is 0 Å². The summed E-state index contributed by atoms with van der Waals surface area (Å²) >= 11 is 0. The van der Waals surface area contributed by atoms with Crippen LogP contribution in [0.25, 0.3) is 0 Å². The summed E-state index contributed by atoms with van der Waals surface area (Å²) < 4.78 is 31.7. The summed E-state index contributed by atoms with van der Waals surface area (Å²) in [6.07, 6.45) is 0. The van der Waals surface area contributed by atoms with Gasteiger partial charge >= 0.3 is 5.97 Å². The average Bonchev–Trinajstić information content (AvgIpc) is 2.36. The van der Waals surface area contributed by atoms with Crippen molar-refractivity contribution >= 4 is 16.0 Å². The Balaban J connectivity index is 3.28. The number of nitrogens with one attached hydrogen (secondary N) is 1. The van der Waals surface area contributed by atoms with Crippen molar-refractivity contribution in [2.75, 3.05) is 13.7 Å². The molecular formula is C12H17NO6S. The first kappa shape index (κ1) is 16.4. The normalized spacial score (nSPS) is 12.2. The molecule has 0 aromatic heterocycles. The van der Waals surface area contributed by atoms with Gasteiger partial charge in [0.15, 0.2) is 0 Å². The summed E-state index contributed by atoms with van der Waals surface area (Å²) in [4.78, 5) is 10.7. The van der Waals surface area contributed by atoms with Crippen LogP contribution in [0.3, 0.4) is 0 Å². The molecule has 0 aliphatic carbocycles. The highest BCUT2D eigenvalue weighted by molar-refractivity contribution is 7.89. The molecular weight excluding hydrogens is 286 g/mol. The Hall–Kier alpha value is -1.64. The van der Waals surface area contributed by atoms with Crippen LogP contribution >= 0.6 is 0 Å². The molecule has 3 N–H and O–H groups in total. The molecule has 8 heteroatoms. The fourth-order valence-corrected chi connectivity index (χ4v) is 3.03. The van der Waals surface area contributed by atoms with Gasteiger partial charge in [-0.15, -0.1) is 0 Å². The van der Waals surface area contributed by atoms with Crippen molar-refractivity contribution in [1.82, 2.24) is 4.72 Å². The molecule has 0 amide bonds. The van der Waals surface area contributed by atoms with Crippen molar-refractivity contribution in [2.24, 2.45) is 0 Å². The summed E-state index contributed by atoms with van der Waals surface area (Å²) in [7, 11) is -2.70. The number of aliphatic hydroxyl groups excluding tert-OH is 1. The molecule has 0 saturated carbocycles. The Morgan fingerprint density at radius 2 is 2.00 bits per heavy atom. The zero-order chi connectivity index (χ0) is 15.6. The maximum Gasteiger partial charge on any atom is 0.335 e. The van der Waals surface area contributed by atoms with Crippen molar-refractivity contribution in [3.8, 4) is 5.75 Å². The van der Waals surface area contributed by atoms with Gasteiger partial charge in [-0.1, -0.05) is 0 Å². The van der Waals surface area contributed by atoms with E-state index in [1.807, 2.05) is 0 Å². The molecule has 1 rings (SSSR count). The fourth-order valence-electron chi connectivity index (χ4n) is 1.47. The number of carboxylic acids is 1. The molecule has 0 aliphatic rings. The average molecular weight is 303 g/mol. The van der Waals surface area contributed by atoms with Gasteiger partial charge in [-0.3, -0.25) is 0 Å². The second-order valence-electron chi connectivity index (χ2n) is 4.82. The Labute approximate surface area is 117 Å². The smallest absolute Gasteiger partial charge is 0.335 e. The van der Waals surface area contributed by atoms with Crippen LogP contribution < -0.4 is 9.46 Å². The third kappa shape index (κ3) is 3.69. The van der Waals surface area contributed by atoms with Crippen LogP contribution in [0.15, 0.2) is 23.1 Å². The lowest BCUT2D eigenvalue weighted by atomic mass is 10.1. The van der Waals surface area contributed by atoms with E-state index in [9.17, 15) is 13.2 Å². The first-order chi connectivity index (χ1) is 9.13. The third-order valence-electron chi connectivity index (χ3n) is 2.51. The van der Waals surface area contributed by atoms with Crippen molar-refractivity contribution in [1.29, 1.82) is 0 Å². The van der Waals surface area contributed by atoms with Crippen molar-refractivity contribution in [3.63, 3.8) is 0 Å². The highest BCUT2D eigenvalue weighted by Gasteiger charge is 2.28. The summed E-state index contributed by atoms with van der Waals surface area (Å²) in [5.74, 6) is -1.26. The lowest BCUT2D eigenvalue weighted by Gasteiger charge is -2.23. The summed E-state index contributed by atoms with van der Waals surface area (Å²) in [5, 5.41) is 18.0. The number of rotatable bonds is 6. The molecule has 0 bridgehead atoms. The van der Waals surface area contributed by atoms with Crippen LogP contribution in [0, 0.1) is 0 Å². The van der Waals surface area contributed by atoms with Gasteiger partial charge in [-0.25, -0.2) is 17.9 Å². The van der Waals surface area contributed by atoms with E-state index in [4.69, 9.17) is 14.9 Å². The molecule has 112 valence electrons. The van der Waals surface area contributed by atoms with Crippen LogP contribution in [0.5, 0.6) is 5.75 Å². The Kier molecular flexibility index (Phi) is 4.74. The van der Waals surface area contributed by atoms with Crippen LogP contribution in [0.1, 0.15) is 24.2 Å². The van der Waals surface area contributed by atoms with E-state index in [1.165, 1.54) is 27.0 Å². The summed E-state index contributed by atoms with van der Waals surface area (Å²) in [6, 6.07) is 3.45. The Morgan fingerprint density at radius 3 is 2.45 bits per heavy atom. The number of carboxylic acid groups (broad SMARTS) is 1. The van der Waals surface area contributed by atoms with Gasteiger partial charge < -0.3 is 14.9 Å². The minimum atomic E-state index is -3.94. The lowest BCUT2D eigenvalue weighted by Crippen LogP contribution is -2.46. The number of ether oxygens (including phenoxy) is 1. The highest BCUT2D eigenvalue weighted by atomic mass is 32.2. The number of sulfonamides is 1. The van der Waals surface area contributed by atoms with Gasteiger partial charge in [0.2, 0.25) is 10.0 Å². The molecule has 0 atom stereocenters. The number of hydrogen-bond acceptors (Lipinski definition) is 5. The van der Waals surface area contributed by atoms with Gasteiger partial charge in [0.1, 0.15) is 10.6 Å². The minimum Gasteiger partial charge on any atom is -0.495 e. The molecule has 0 unspecified atom stereocenters. The van der Waals surface area contributed by atoms with E-state index in [0.29, 0.717) is 0 Å². The molecule has 1 aromatic carbocycles. The van der Waals surface area contributed by atoms with E-state index in [2.05, 4.69) is 4.72 Å². The number of hydrogen-bond donors (Lipinski definition) is 3. The Bertz CT molecular complexity index is 608. The SMILES string of the molecule is COc1cc(C(=O)O)ccc1S(=O)(=O)NC(C)(C)CO. The van der Waals surface area contributed by atoms with Gasteiger partial charge in [0, 0.05) is 0 Å². The second-order valence-corrected chi connectivity index (χ2v) is 6.47. The van der Waals surface area contributed by atoms with E-state index < -0.39 is 21.5 Å². The van der Waals surface area contributed by atoms with Crippen LogP contribution in [-0.2, 0) is 10.0 Å². The van der Waals surface area contributed by atoms with Crippen molar-refractivity contribution < 1.29 is 28.2 Å². The third-order valence-corrected chi connectivity index (χ3v) is 4.24. The van der Waals surface area contributed by atoms with Crippen molar-refractivity contribution in [2.45, 2.75) is 24.3 Å². The predicted molar refractivity (Wildman–Crippen MR) is 71.4 cm³/mol. The number of aliphatic hydroxyl groups is 1. The first-order valence-electron chi connectivity index (χ1n) is 5.69. The van der Waals surface area contributed by atoms with Crippen LogP contribution in [0.4, 0.5) is 0 Å². The molecule has 7 nitrogen and oxygen atoms in total. The van der Waals surface area contributed by atoms with E-state index in [1.54, 1.807) is 0 Å². The quantitative estimate of drug-likeness (QED) is 0.703. The number of methoxy groups -OCH3 is 1. The molecule has 0 saturated heterocycles. The fraction of sp³-hybridized carbons (Fsp3) is 0.417. The minimum absolute atomic E-state index is 0.0776. The highest BCUT2D eigenvalue weighted by Crippen LogP contribution is 2.26. The molecule has 0 spiro atoms. The van der Waals surface area contributed by atoms with Crippen LogP contribution in [-0.4, -0.2) is 43.9 Å². The monoisotopic (exact) mass is 303 g/mol. The van der Waals surface area contributed by atoms with E-state index >= 15 is 0 Å². The summed E-state index contributed by atoms with van der Waals surface area (Å²) in [6.45, 7) is 2.65. The van der Waals surface area contributed by atoms with E-state index in [0.717, 1.165) is 12.1 Å². The zero-order valence-electron chi connectivity index (χ0n) is 11.4. The molecule has 0 radical (unpaired) electrons. The molecule has 20 heavy (non-hydrogen) atoms. The van der Waals surface area contributed by atoms with Gasteiger partial charge in [-0.2, -0.15) is 0 Å². The molecule has 0 fully saturated rings. The topological polar surface area (TPSA) is 113 Å². The van der Waals surface area contributed by atoms with Gasteiger partial charge in [0.25, 0.3) is 0 Å². The number of carbonyl (C=O) groups is 1. The maximum atomic E-state index is 12.2. The molecule has 0 heterocycles. The zero-order valence-corrected chi connectivity index (χ0v) is 12.2. The Morgan fingerprint density at radius 1 is 1.40 bits per heavy atom. The predicted octanol–water partition coefficient (Wildman–Crippen LogP) is 0.443. The lowest BCUT2D eigenvalue weighted by molar-refractivity contribution is 0.0696. The van der Waals surface area contributed by atoms with Gasteiger partial charge in [0.05, 0.1) is 24.8 Å².